The Labute approximate surface area is 92.4 Å². The van der Waals surface area contributed by atoms with Gasteiger partial charge >= 0.3 is 0 Å². The number of benzene rings is 1. The molecule has 0 saturated heterocycles. The molecule has 0 aliphatic rings. The Bertz CT molecular complexity index is 404. The first-order valence-electron chi connectivity index (χ1n) is 4.17. The highest BCUT2D eigenvalue weighted by molar-refractivity contribution is 8.06. The predicted molar refractivity (Wildman–Crippen MR) is 59.7 cm³/mol. The van der Waals surface area contributed by atoms with Crippen LogP contribution in [0.3, 0.4) is 0 Å². The molecule has 3 nitrogen and oxygen atoms in total. The third kappa shape index (κ3) is 3.49. The number of ketones is 1. The molecule has 0 saturated carbocycles. The zero-order chi connectivity index (χ0) is 11.1. The Morgan fingerprint density at radius 3 is 2.67 bits per heavy atom. The van der Waals surface area contributed by atoms with Crippen molar-refractivity contribution >= 4 is 17.5 Å². The maximum atomic E-state index is 11.5. The van der Waals surface area contributed by atoms with Gasteiger partial charge in [0.05, 0.1) is 7.11 Å². The summed E-state index contributed by atoms with van der Waals surface area (Å²) in [6.45, 7) is 0. The van der Waals surface area contributed by atoms with Gasteiger partial charge in [-0.2, -0.15) is 5.26 Å². The minimum atomic E-state index is -0.125. The lowest BCUT2D eigenvalue weighted by molar-refractivity contribution is 0.104. The van der Waals surface area contributed by atoms with Crippen LogP contribution in [-0.4, -0.2) is 12.9 Å². The topological polar surface area (TPSA) is 50.1 Å². The van der Waals surface area contributed by atoms with Crippen molar-refractivity contribution in [3.8, 4) is 11.2 Å². The number of rotatable bonds is 4. The monoisotopic (exact) mass is 219 g/mol. The van der Waals surface area contributed by atoms with E-state index in [0.29, 0.717) is 11.3 Å². The van der Waals surface area contributed by atoms with Gasteiger partial charge < -0.3 is 4.74 Å². The van der Waals surface area contributed by atoms with Crippen LogP contribution in [0.25, 0.3) is 0 Å². The molecule has 1 rings (SSSR count). The van der Waals surface area contributed by atoms with Crippen molar-refractivity contribution in [1.82, 2.24) is 0 Å². The van der Waals surface area contributed by atoms with Crippen molar-refractivity contribution in [2.24, 2.45) is 0 Å². The van der Waals surface area contributed by atoms with E-state index in [1.807, 2.05) is 5.40 Å². The molecule has 0 unspecified atom stereocenters. The van der Waals surface area contributed by atoms with Gasteiger partial charge in [-0.1, -0.05) is 0 Å². The molecule has 0 aromatic heterocycles. The molecule has 76 valence electrons. The molecule has 0 atom stereocenters. The first kappa shape index (κ1) is 11.3. The van der Waals surface area contributed by atoms with E-state index in [9.17, 15) is 4.79 Å². The molecular weight excluding hydrogens is 210 g/mol. The molecule has 0 radical (unpaired) electrons. The summed E-state index contributed by atoms with van der Waals surface area (Å²) < 4.78 is 4.97. The second kappa shape index (κ2) is 5.89. The van der Waals surface area contributed by atoms with Crippen LogP contribution in [0.15, 0.2) is 35.7 Å². The summed E-state index contributed by atoms with van der Waals surface area (Å²) in [5, 5.41) is 11.6. The summed E-state index contributed by atoms with van der Waals surface area (Å²) in [5.41, 5.74) is 0.575. The van der Waals surface area contributed by atoms with E-state index in [1.165, 1.54) is 11.5 Å². The number of carbonyl (C=O) groups excluding carboxylic acids is 1. The number of thiocyanates is 1. The van der Waals surface area contributed by atoms with Crippen LogP contribution in [0.5, 0.6) is 5.75 Å². The largest absolute Gasteiger partial charge is 0.497 e. The molecule has 0 heterocycles. The third-order valence-electron chi connectivity index (χ3n) is 1.71. The Hall–Kier alpha value is -1.73. The Morgan fingerprint density at radius 1 is 1.47 bits per heavy atom. The fourth-order valence-electron chi connectivity index (χ4n) is 0.978. The Balaban J connectivity index is 2.71. The standard InChI is InChI=1S/C11H9NO2S/c1-14-10-4-2-9(3-5-10)11(13)6-7-15-8-12/h2-7H,1H3. The van der Waals surface area contributed by atoms with Crippen LogP contribution >= 0.6 is 11.8 Å². The molecule has 0 spiro atoms. The van der Waals surface area contributed by atoms with Crippen molar-refractivity contribution in [1.29, 1.82) is 5.26 Å². The normalized spacial score (nSPS) is 9.87. The molecule has 0 aliphatic carbocycles. The summed E-state index contributed by atoms with van der Waals surface area (Å²) in [5.74, 6) is 0.585. The van der Waals surface area contributed by atoms with E-state index in [1.54, 1.807) is 31.4 Å². The van der Waals surface area contributed by atoms with Gasteiger partial charge in [-0.3, -0.25) is 4.79 Å². The van der Waals surface area contributed by atoms with E-state index < -0.39 is 0 Å². The second-order valence-electron chi connectivity index (χ2n) is 2.60. The van der Waals surface area contributed by atoms with Gasteiger partial charge in [-0.05, 0) is 47.5 Å². The first-order valence-corrected chi connectivity index (χ1v) is 5.05. The van der Waals surface area contributed by atoms with Crippen LogP contribution in [0, 0.1) is 10.7 Å². The number of methoxy groups -OCH3 is 1. The number of hydrogen-bond acceptors (Lipinski definition) is 4. The summed E-state index contributed by atoms with van der Waals surface area (Å²) in [6, 6.07) is 6.81. The molecular formula is C11H9NO2S. The Morgan fingerprint density at radius 2 is 2.13 bits per heavy atom. The Kier molecular flexibility index (Phi) is 4.45. The van der Waals surface area contributed by atoms with Crippen molar-refractivity contribution in [2.75, 3.05) is 7.11 Å². The van der Waals surface area contributed by atoms with Crippen LogP contribution in [-0.2, 0) is 0 Å². The number of nitrogens with zero attached hydrogens (tertiary/aromatic N) is 1. The van der Waals surface area contributed by atoms with Crippen LogP contribution < -0.4 is 4.74 Å². The van der Waals surface area contributed by atoms with Gasteiger partial charge in [0.1, 0.15) is 11.2 Å². The number of ether oxygens (including phenoxy) is 1. The lowest BCUT2D eigenvalue weighted by Crippen LogP contribution is -1.93. The van der Waals surface area contributed by atoms with Crippen LogP contribution in [0.4, 0.5) is 0 Å². The average Bonchev–Trinajstić information content (AvgIpc) is 2.29. The summed E-state index contributed by atoms with van der Waals surface area (Å²) in [7, 11) is 1.57. The number of hydrogen-bond donors (Lipinski definition) is 0. The molecule has 0 amide bonds. The second-order valence-corrected chi connectivity index (χ2v) is 3.30. The predicted octanol–water partition coefficient (Wildman–Crippen LogP) is 2.61. The minimum Gasteiger partial charge on any atom is -0.497 e. The van der Waals surface area contributed by atoms with Crippen molar-refractivity contribution in [2.45, 2.75) is 0 Å². The molecule has 0 aliphatic heterocycles. The van der Waals surface area contributed by atoms with E-state index in [-0.39, 0.29) is 5.78 Å². The van der Waals surface area contributed by atoms with E-state index in [0.717, 1.165) is 11.8 Å². The fraction of sp³-hybridized carbons (Fsp3) is 0.0909. The number of allylic oxidation sites excluding steroid dienone is 1. The third-order valence-corrected chi connectivity index (χ3v) is 2.09. The number of carbonyl (C=O) groups is 1. The summed E-state index contributed by atoms with van der Waals surface area (Å²) in [4.78, 5) is 11.5. The maximum absolute atomic E-state index is 11.5. The van der Waals surface area contributed by atoms with E-state index >= 15 is 0 Å². The lowest BCUT2D eigenvalue weighted by atomic mass is 10.1. The highest BCUT2D eigenvalue weighted by Crippen LogP contribution is 2.12. The summed E-state index contributed by atoms with van der Waals surface area (Å²) >= 11 is 0.918. The maximum Gasteiger partial charge on any atom is 0.186 e. The highest BCUT2D eigenvalue weighted by atomic mass is 32.2. The van der Waals surface area contributed by atoms with Gasteiger partial charge in [0.2, 0.25) is 0 Å². The number of nitriles is 1. The average molecular weight is 219 g/mol. The SMILES string of the molecule is COc1ccc(C(=O)C=CSC#N)cc1. The lowest BCUT2D eigenvalue weighted by Gasteiger charge is -1.99. The van der Waals surface area contributed by atoms with Gasteiger partial charge in [-0.25, -0.2) is 0 Å². The highest BCUT2D eigenvalue weighted by Gasteiger charge is 2.00. The van der Waals surface area contributed by atoms with E-state index in [2.05, 4.69) is 0 Å². The van der Waals surface area contributed by atoms with Crippen molar-refractivity contribution in [3.63, 3.8) is 0 Å². The van der Waals surface area contributed by atoms with Crippen molar-refractivity contribution < 1.29 is 9.53 Å². The van der Waals surface area contributed by atoms with Gasteiger partial charge in [0.25, 0.3) is 0 Å². The van der Waals surface area contributed by atoms with Gasteiger partial charge in [-0.15, -0.1) is 0 Å². The van der Waals surface area contributed by atoms with Gasteiger partial charge in [0.15, 0.2) is 5.78 Å². The molecule has 1 aromatic carbocycles. The molecule has 4 heteroatoms. The molecule has 0 bridgehead atoms. The first-order chi connectivity index (χ1) is 7.27. The summed E-state index contributed by atoms with van der Waals surface area (Å²) in [6.07, 6.45) is 1.37. The van der Waals surface area contributed by atoms with Gasteiger partial charge in [0, 0.05) is 5.56 Å². The van der Waals surface area contributed by atoms with Crippen LogP contribution in [0.1, 0.15) is 10.4 Å². The number of thioether (sulfide) groups is 1. The van der Waals surface area contributed by atoms with Crippen LogP contribution in [0.2, 0.25) is 0 Å². The molecule has 0 N–H and O–H groups in total. The van der Waals surface area contributed by atoms with Crippen molar-refractivity contribution in [3.05, 3.63) is 41.3 Å². The van der Waals surface area contributed by atoms with E-state index in [4.69, 9.17) is 10.00 Å². The quantitative estimate of drug-likeness (QED) is 0.443. The fourth-order valence-corrected chi connectivity index (χ4v) is 1.23. The minimum absolute atomic E-state index is 0.125. The smallest absolute Gasteiger partial charge is 0.186 e. The zero-order valence-corrected chi connectivity index (χ0v) is 8.95. The molecule has 15 heavy (non-hydrogen) atoms. The zero-order valence-electron chi connectivity index (χ0n) is 8.14. The molecule has 1 aromatic rings. The molecule has 0 fully saturated rings.